The molecule has 0 unspecified atom stereocenters. The minimum Gasteiger partial charge on any atom is -0.420 e. The van der Waals surface area contributed by atoms with Gasteiger partial charge >= 0.3 is 0 Å². The molecule has 0 N–H and O–H groups in total. The van der Waals surface area contributed by atoms with Gasteiger partial charge in [-0.2, -0.15) is 0 Å². The predicted molar refractivity (Wildman–Crippen MR) is 70.9 cm³/mol. The molecule has 0 aliphatic carbocycles. The van der Waals surface area contributed by atoms with Gasteiger partial charge in [0.2, 0.25) is 11.8 Å². The lowest BCUT2D eigenvalue weighted by atomic mass is 9.97. The van der Waals surface area contributed by atoms with Gasteiger partial charge in [0.1, 0.15) is 0 Å². The van der Waals surface area contributed by atoms with E-state index in [0.717, 1.165) is 10.0 Å². The third-order valence-corrected chi connectivity index (χ3v) is 3.11. The molecule has 1 aromatic heterocycles. The van der Waals surface area contributed by atoms with Crippen LogP contribution in [-0.4, -0.2) is 10.2 Å². The van der Waals surface area contributed by atoms with Crippen molar-refractivity contribution in [3.8, 4) is 11.5 Å². The molecule has 0 fully saturated rings. The Balaban J connectivity index is 2.47. The molecule has 4 heteroatoms. The van der Waals surface area contributed by atoms with Crippen LogP contribution < -0.4 is 0 Å². The second-order valence-corrected chi connectivity index (χ2v) is 6.00. The van der Waals surface area contributed by atoms with Gasteiger partial charge < -0.3 is 4.42 Å². The van der Waals surface area contributed by atoms with Crippen LogP contribution in [0.5, 0.6) is 0 Å². The largest absolute Gasteiger partial charge is 0.420 e. The predicted octanol–water partition coefficient (Wildman–Crippen LogP) is 4.11. The molecule has 0 saturated carbocycles. The lowest BCUT2D eigenvalue weighted by molar-refractivity contribution is 0.399. The van der Waals surface area contributed by atoms with Crippen molar-refractivity contribution in [3.63, 3.8) is 0 Å². The van der Waals surface area contributed by atoms with E-state index in [2.05, 4.69) is 46.9 Å². The summed E-state index contributed by atoms with van der Waals surface area (Å²) in [6.45, 7) is 8.19. The van der Waals surface area contributed by atoms with E-state index in [1.54, 1.807) is 0 Å². The van der Waals surface area contributed by atoms with Gasteiger partial charge in [0, 0.05) is 9.89 Å². The van der Waals surface area contributed by atoms with Crippen molar-refractivity contribution in [2.24, 2.45) is 0 Å². The number of halogens is 1. The van der Waals surface area contributed by atoms with Crippen molar-refractivity contribution < 1.29 is 4.42 Å². The first-order valence-electron chi connectivity index (χ1n) is 5.48. The van der Waals surface area contributed by atoms with E-state index in [9.17, 15) is 0 Å². The summed E-state index contributed by atoms with van der Waals surface area (Å²) in [5.74, 6) is 1.21. The average Bonchev–Trinajstić information content (AvgIpc) is 2.70. The Morgan fingerprint density at radius 3 is 2.47 bits per heavy atom. The fraction of sp³-hybridized carbons (Fsp3) is 0.385. The molecular weight excluding hydrogens is 280 g/mol. The van der Waals surface area contributed by atoms with Gasteiger partial charge in [-0.25, -0.2) is 0 Å². The van der Waals surface area contributed by atoms with Crippen molar-refractivity contribution in [1.29, 1.82) is 0 Å². The van der Waals surface area contributed by atoms with Crippen molar-refractivity contribution in [3.05, 3.63) is 34.1 Å². The maximum atomic E-state index is 5.72. The molecule has 0 aliphatic heterocycles. The average molecular weight is 295 g/mol. The van der Waals surface area contributed by atoms with Gasteiger partial charge in [0.05, 0.1) is 5.56 Å². The summed E-state index contributed by atoms with van der Waals surface area (Å²) in [5.41, 5.74) is 1.98. The Hall–Kier alpha value is -1.16. The molecule has 2 rings (SSSR count). The lowest BCUT2D eigenvalue weighted by Crippen LogP contribution is -2.11. The van der Waals surface area contributed by atoms with Crippen LogP contribution in [0.3, 0.4) is 0 Å². The summed E-state index contributed by atoms with van der Waals surface area (Å²) < 4.78 is 6.68. The van der Waals surface area contributed by atoms with Crippen LogP contribution in [-0.2, 0) is 5.41 Å². The van der Waals surface area contributed by atoms with Gasteiger partial charge in [-0.15, -0.1) is 10.2 Å². The Bertz CT molecular complexity index is 541. The lowest BCUT2D eigenvalue weighted by Gasteiger charge is -2.11. The van der Waals surface area contributed by atoms with Gasteiger partial charge in [0.15, 0.2) is 0 Å². The Labute approximate surface area is 109 Å². The maximum Gasteiger partial charge on any atom is 0.248 e. The second-order valence-electron chi connectivity index (χ2n) is 5.15. The summed E-state index contributed by atoms with van der Waals surface area (Å²) in [6.07, 6.45) is 0. The van der Waals surface area contributed by atoms with Crippen LogP contribution in [0.2, 0.25) is 0 Å². The third-order valence-electron chi connectivity index (χ3n) is 2.42. The first-order valence-corrected chi connectivity index (χ1v) is 6.28. The second kappa shape index (κ2) is 4.26. The van der Waals surface area contributed by atoms with E-state index in [4.69, 9.17) is 4.42 Å². The van der Waals surface area contributed by atoms with Crippen LogP contribution in [0.25, 0.3) is 11.5 Å². The highest BCUT2D eigenvalue weighted by Gasteiger charge is 2.22. The summed E-state index contributed by atoms with van der Waals surface area (Å²) in [6, 6.07) is 6.06. The quantitative estimate of drug-likeness (QED) is 0.795. The molecule has 0 saturated heterocycles. The first kappa shape index (κ1) is 12.3. The van der Waals surface area contributed by atoms with Crippen LogP contribution in [0.15, 0.2) is 27.1 Å². The SMILES string of the molecule is Cc1ccc(Br)c(-c2nnc(C(C)(C)C)o2)c1. The smallest absolute Gasteiger partial charge is 0.248 e. The van der Waals surface area contributed by atoms with E-state index < -0.39 is 0 Å². The highest BCUT2D eigenvalue weighted by molar-refractivity contribution is 9.10. The summed E-state index contributed by atoms with van der Waals surface area (Å²) in [4.78, 5) is 0. The molecule has 0 amide bonds. The van der Waals surface area contributed by atoms with Gasteiger partial charge in [-0.1, -0.05) is 32.4 Å². The zero-order chi connectivity index (χ0) is 12.6. The molecule has 1 aromatic carbocycles. The minimum absolute atomic E-state index is 0.123. The zero-order valence-electron chi connectivity index (χ0n) is 10.4. The molecule has 17 heavy (non-hydrogen) atoms. The van der Waals surface area contributed by atoms with Crippen molar-refractivity contribution in [2.75, 3.05) is 0 Å². The Morgan fingerprint density at radius 1 is 1.18 bits per heavy atom. The Kier molecular flexibility index (Phi) is 3.08. The minimum atomic E-state index is -0.123. The fourth-order valence-electron chi connectivity index (χ4n) is 1.44. The number of nitrogens with zero attached hydrogens (tertiary/aromatic N) is 2. The Morgan fingerprint density at radius 2 is 1.88 bits per heavy atom. The molecule has 2 aromatic rings. The zero-order valence-corrected chi connectivity index (χ0v) is 12.0. The molecule has 90 valence electrons. The van der Waals surface area contributed by atoms with Gasteiger partial charge in [0.25, 0.3) is 0 Å². The molecule has 3 nitrogen and oxygen atoms in total. The standard InChI is InChI=1S/C13H15BrN2O/c1-8-5-6-10(14)9(7-8)11-15-16-12(17-11)13(2,3)4/h5-7H,1-4H3. The maximum absolute atomic E-state index is 5.72. The van der Waals surface area contributed by atoms with E-state index in [1.807, 2.05) is 25.1 Å². The van der Waals surface area contributed by atoms with E-state index in [1.165, 1.54) is 5.56 Å². The summed E-state index contributed by atoms with van der Waals surface area (Å²) in [5, 5.41) is 8.21. The molecular formula is C13H15BrN2O. The van der Waals surface area contributed by atoms with Crippen molar-refractivity contribution >= 4 is 15.9 Å². The highest BCUT2D eigenvalue weighted by atomic mass is 79.9. The molecule has 0 aliphatic rings. The highest BCUT2D eigenvalue weighted by Crippen LogP contribution is 2.30. The van der Waals surface area contributed by atoms with Gasteiger partial charge in [-0.05, 0) is 35.0 Å². The number of hydrogen-bond acceptors (Lipinski definition) is 3. The number of aromatic nitrogens is 2. The number of aryl methyl sites for hydroxylation is 1. The fourth-order valence-corrected chi connectivity index (χ4v) is 1.85. The number of hydrogen-bond donors (Lipinski definition) is 0. The van der Waals surface area contributed by atoms with Crippen LogP contribution >= 0.6 is 15.9 Å². The number of rotatable bonds is 1. The third kappa shape index (κ3) is 2.57. The first-order chi connectivity index (χ1) is 7.88. The van der Waals surface area contributed by atoms with Crippen LogP contribution in [0.4, 0.5) is 0 Å². The van der Waals surface area contributed by atoms with Crippen molar-refractivity contribution in [1.82, 2.24) is 10.2 Å². The monoisotopic (exact) mass is 294 g/mol. The van der Waals surface area contributed by atoms with Crippen molar-refractivity contribution in [2.45, 2.75) is 33.1 Å². The number of benzene rings is 1. The topological polar surface area (TPSA) is 38.9 Å². The molecule has 0 spiro atoms. The molecule has 1 heterocycles. The van der Waals surface area contributed by atoms with E-state index in [0.29, 0.717) is 11.8 Å². The van der Waals surface area contributed by atoms with E-state index >= 15 is 0 Å². The van der Waals surface area contributed by atoms with Gasteiger partial charge in [-0.3, -0.25) is 0 Å². The summed E-state index contributed by atoms with van der Waals surface area (Å²) >= 11 is 3.50. The van der Waals surface area contributed by atoms with E-state index in [-0.39, 0.29) is 5.41 Å². The molecule has 0 atom stereocenters. The van der Waals surface area contributed by atoms with Crippen LogP contribution in [0.1, 0.15) is 32.2 Å². The summed E-state index contributed by atoms with van der Waals surface area (Å²) in [7, 11) is 0. The normalized spacial score (nSPS) is 11.8. The molecule has 0 bridgehead atoms. The van der Waals surface area contributed by atoms with Crippen LogP contribution in [0, 0.1) is 6.92 Å². The molecule has 0 radical (unpaired) electrons.